The minimum absolute atomic E-state index is 0.0145. The number of benzene rings is 1. The van der Waals surface area contributed by atoms with Gasteiger partial charge in [0.2, 0.25) is 0 Å². The first-order valence-electron chi connectivity index (χ1n) is 5.54. The molecule has 0 unspecified atom stereocenters. The number of hydrogen-bond acceptors (Lipinski definition) is 3. The smallest absolute Gasteiger partial charge is 0.390 e. The molecule has 20 heavy (non-hydrogen) atoms. The Morgan fingerprint density at radius 2 is 1.90 bits per heavy atom. The SMILES string of the molecule is N#Cc1ccc2c(cc(CO)n2CC(F)(F)F)c1C#N. The van der Waals surface area contributed by atoms with Crippen molar-refractivity contribution in [3.8, 4) is 12.1 Å². The van der Waals surface area contributed by atoms with Gasteiger partial charge in [0.15, 0.2) is 0 Å². The van der Waals surface area contributed by atoms with Crippen LogP contribution in [0, 0.1) is 22.7 Å². The number of aliphatic hydroxyl groups excluding tert-OH is 1. The molecule has 0 fully saturated rings. The number of alkyl halides is 3. The molecule has 1 aromatic heterocycles. The van der Waals surface area contributed by atoms with Crippen molar-refractivity contribution in [2.75, 3.05) is 0 Å². The van der Waals surface area contributed by atoms with Gasteiger partial charge in [-0.05, 0) is 18.2 Å². The van der Waals surface area contributed by atoms with Crippen molar-refractivity contribution >= 4 is 10.9 Å². The zero-order chi connectivity index (χ0) is 14.9. The van der Waals surface area contributed by atoms with Crippen molar-refractivity contribution in [3.05, 3.63) is 35.0 Å². The van der Waals surface area contributed by atoms with Crippen LogP contribution in [-0.4, -0.2) is 15.8 Å². The Morgan fingerprint density at radius 1 is 1.20 bits per heavy atom. The molecule has 0 saturated carbocycles. The molecule has 0 radical (unpaired) electrons. The number of nitriles is 2. The van der Waals surface area contributed by atoms with Gasteiger partial charge in [-0.3, -0.25) is 0 Å². The Labute approximate surface area is 111 Å². The molecule has 7 heteroatoms. The first-order valence-corrected chi connectivity index (χ1v) is 5.54. The maximum absolute atomic E-state index is 12.6. The van der Waals surface area contributed by atoms with Gasteiger partial charge in [-0.15, -0.1) is 0 Å². The van der Waals surface area contributed by atoms with Crippen LogP contribution < -0.4 is 0 Å². The maximum Gasteiger partial charge on any atom is 0.406 e. The summed E-state index contributed by atoms with van der Waals surface area (Å²) in [5, 5.41) is 27.4. The van der Waals surface area contributed by atoms with Crippen molar-refractivity contribution in [1.82, 2.24) is 4.57 Å². The Morgan fingerprint density at radius 3 is 2.40 bits per heavy atom. The lowest BCUT2D eigenvalue weighted by Crippen LogP contribution is -2.19. The molecule has 0 amide bonds. The van der Waals surface area contributed by atoms with Crippen molar-refractivity contribution < 1.29 is 18.3 Å². The van der Waals surface area contributed by atoms with E-state index in [1.165, 1.54) is 18.2 Å². The quantitative estimate of drug-likeness (QED) is 0.917. The fourth-order valence-corrected chi connectivity index (χ4v) is 2.10. The van der Waals surface area contributed by atoms with Gasteiger partial charge in [0, 0.05) is 11.1 Å². The van der Waals surface area contributed by atoms with Crippen molar-refractivity contribution in [1.29, 1.82) is 10.5 Å². The maximum atomic E-state index is 12.6. The average Bonchev–Trinajstić information content (AvgIpc) is 2.73. The highest BCUT2D eigenvalue weighted by Gasteiger charge is 2.30. The van der Waals surface area contributed by atoms with Crippen LogP contribution in [0.5, 0.6) is 0 Å². The van der Waals surface area contributed by atoms with Crippen LogP contribution in [0.3, 0.4) is 0 Å². The van der Waals surface area contributed by atoms with E-state index in [0.29, 0.717) is 0 Å². The second-order valence-corrected chi connectivity index (χ2v) is 4.14. The Kier molecular flexibility index (Phi) is 3.39. The predicted octanol–water partition coefficient (Wildman–Crippen LogP) is 2.44. The summed E-state index contributed by atoms with van der Waals surface area (Å²) in [6.45, 7) is -1.85. The molecule has 4 nitrogen and oxygen atoms in total. The normalized spacial score (nSPS) is 11.3. The fraction of sp³-hybridized carbons (Fsp3) is 0.231. The van der Waals surface area contributed by atoms with Crippen LogP contribution in [-0.2, 0) is 13.2 Å². The molecule has 1 N–H and O–H groups in total. The summed E-state index contributed by atoms with van der Waals surface area (Å²) in [5.74, 6) is 0. The number of aliphatic hydroxyl groups is 1. The molecule has 0 atom stereocenters. The van der Waals surface area contributed by atoms with E-state index in [1.807, 2.05) is 12.1 Å². The third kappa shape index (κ3) is 2.31. The van der Waals surface area contributed by atoms with Crippen LogP contribution in [0.4, 0.5) is 13.2 Å². The summed E-state index contributed by atoms with van der Waals surface area (Å²) < 4.78 is 38.6. The van der Waals surface area contributed by atoms with E-state index in [1.54, 1.807) is 0 Å². The fourth-order valence-electron chi connectivity index (χ4n) is 2.10. The first-order chi connectivity index (χ1) is 9.41. The van der Waals surface area contributed by atoms with Gasteiger partial charge < -0.3 is 9.67 Å². The van der Waals surface area contributed by atoms with Crippen molar-refractivity contribution in [3.63, 3.8) is 0 Å². The Hall–Kier alpha value is -2.51. The summed E-state index contributed by atoms with van der Waals surface area (Å²) in [7, 11) is 0. The molecule has 0 aliphatic carbocycles. The Balaban J connectivity index is 2.77. The molecule has 2 rings (SSSR count). The lowest BCUT2D eigenvalue weighted by Gasteiger charge is -2.12. The number of aromatic nitrogens is 1. The summed E-state index contributed by atoms with van der Waals surface area (Å²) in [5.41, 5.74) is 0.320. The second-order valence-electron chi connectivity index (χ2n) is 4.14. The zero-order valence-corrected chi connectivity index (χ0v) is 10.1. The number of fused-ring (bicyclic) bond motifs is 1. The highest BCUT2D eigenvalue weighted by atomic mass is 19.4. The lowest BCUT2D eigenvalue weighted by molar-refractivity contribution is -0.140. The molecular formula is C13H8F3N3O. The van der Waals surface area contributed by atoms with E-state index in [2.05, 4.69) is 0 Å². The van der Waals surface area contributed by atoms with E-state index in [9.17, 15) is 18.3 Å². The summed E-state index contributed by atoms with van der Waals surface area (Å²) in [6.07, 6.45) is -4.45. The molecule has 0 spiro atoms. The van der Waals surface area contributed by atoms with Crippen LogP contribution in [0.2, 0.25) is 0 Å². The predicted molar refractivity (Wildman–Crippen MR) is 63.3 cm³/mol. The molecular weight excluding hydrogens is 271 g/mol. The third-order valence-electron chi connectivity index (χ3n) is 2.90. The van der Waals surface area contributed by atoms with Gasteiger partial charge in [0.25, 0.3) is 0 Å². The van der Waals surface area contributed by atoms with Gasteiger partial charge in [0.05, 0.1) is 23.3 Å². The van der Waals surface area contributed by atoms with Crippen molar-refractivity contribution in [2.24, 2.45) is 0 Å². The van der Waals surface area contributed by atoms with Crippen LogP contribution >= 0.6 is 0 Å². The van der Waals surface area contributed by atoms with Gasteiger partial charge in [-0.2, -0.15) is 23.7 Å². The molecule has 0 aliphatic heterocycles. The molecule has 102 valence electrons. The highest BCUT2D eigenvalue weighted by molar-refractivity contribution is 5.89. The molecule has 0 bridgehead atoms. The van der Waals surface area contributed by atoms with E-state index in [4.69, 9.17) is 10.5 Å². The lowest BCUT2D eigenvalue weighted by atomic mass is 10.1. The number of nitrogens with zero attached hydrogens (tertiary/aromatic N) is 3. The molecule has 1 heterocycles. The van der Waals surface area contributed by atoms with Crippen LogP contribution in [0.25, 0.3) is 10.9 Å². The zero-order valence-electron chi connectivity index (χ0n) is 10.1. The molecule has 0 aliphatic rings. The van der Waals surface area contributed by atoms with E-state index >= 15 is 0 Å². The monoisotopic (exact) mass is 279 g/mol. The number of halogens is 3. The molecule has 0 saturated heterocycles. The summed E-state index contributed by atoms with van der Waals surface area (Å²) in [4.78, 5) is 0. The van der Waals surface area contributed by atoms with Crippen LogP contribution in [0.1, 0.15) is 16.8 Å². The summed E-state index contributed by atoms with van der Waals surface area (Å²) >= 11 is 0. The molecule has 2 aromatic rings. The molecule has 1 aromatic carbocycles. The minimum atomic E-state index is -4.45. The first kappa shape index (κ1) is 13.9. The minimum Gasteiger partial charge on any atom is -0.390 e. The van der Waals surface area contributed by atoms with E-state index in [0.717, 1.165) is 4.57 Å². The highest BCUT2D eigenvalue weighted by Crippen LogP contribution is 2.29. The average molecular weight is 279 g/mol. The van der Waals surface area contributed by atoms with Gasteiger partial charge in [-0.25, -0.2) is 0 Å². The Bertz CT molecular complexity index is 747. The van der Waals surface area contributed by atoms with Crippen molar-refractivity contribution in [2.45, 2.75) is 19.3 Å². The number of rotatable bonds is 2. The van der Waals surface area contributed by atoms with Gasteiger partial charge in [0.1, 0.15) is 18.7 Å². The topological polar surface area (TPSA) is 72.7 Å². The largest absolute Gasteiger partial charge is 0.406 e. The summed E-state index contributed by atoms with van der Waals surface area (Å²) in [6, 6.07) is 7.59. The van der Waals surface area contributed by atoms with E-state index < -0.39 is 19.3 Å². The standard InChI is InChI=1S/C13H8F3N3O/c14-13(15,16)7-19-9(6-20)3-10-11(5-18)8(4-17)1-2-12(10)19/h1-3,20H,6-7H2. The van der Waals surface area contributed by atoms with Crippen LogP contribution in [0.15, 0.2) is 18.2 Å². The number of hydrogen-bond donors (Lipinski definition) is 1. The van der Waals surface area contributed by atoms with Gasteiger partial charge >= 0.3 is 6.18 Å². The van der Waals surface area contributed by atoms with E-state index in [-0.39, 0.29) is 27.7 Å². The second kappa shape index (κ2) is 4.87. The third-order valence-corrected chi connectivity index (χ3v) is 2.90. The van der Waals surface area contributed by atoms with Gasteiger partial charge in [-0.1, -0.05) is 0 Å².